The van der Waals surface area contributed by atoms with E-state index < -0.39 is 0 Å². The molecule has 2 heterocycles. The molecule has 1 fully saturated rings. The number of fused-ring (bicyclic) bond motifs is 1. The lowest BCUT2D eigenvalue weighted by Gasteiger charge is -2.19. The van der Waals surface area contributed by atoms with Crippen molar-refractivity contribution in [3.63, 3.8) is 0 Å². The number of hydrogen-bond acceptors (Lipinski definition) is 6. The van der Waals surface area contributed by atoms with Crippen molar-refractivity contribution in [3.8, 4) is 17.2 Å². The molecule has 2 aromatic carbocycles. The molecular weight excluding hydrogens is 432 g/mol. The van der Waals surface area contributed by atoms with Crippen LogP contribution in [0.1, 0.15) is 42.6 Å². The second kappa shape index (κ2) is 11.2. The fourth-order valence-corrected chi connectivity index (χ4v) is 4.43. The van der Waals surface area contributed by atoms with Crippen LogP contribution in [0.5, 0.6) is 11.5 Å². The molecule has 0 saturated carbocycles. The zero-order valence-corrected chi connectivity index (χ0v) is 19.9. The van der Waals surface area contributed by atoms with E-state index in [1.807, 2.05) is 0 Å². The van der Waals surface area contributed by atoms with Crippen LogP contribution in [-0.2, 0) is 0 Å². The van der Waals surface area contributed by atoms with Crippen LogP contribution in [0, 0.1) is 0 Å². The third-order valence-corrected chi connectivity index (χ3v) is 6.27. The number of aromatic nitrogens is 2. The average Bonchev–Trinajstić information content (AvgIpc) is 3.15. The maximum atomic E-state index is 13.3. The Hall–Kier alpha value is -3.39. The Morgan fingerprint density at radius 3 is 2.44 bits per heavy atom. The standard InChI is InChI=1S/C26H32N4O4/c1-33-19-12-13-22(23(18-19)34-2)30-26(32)21-11-6-5-10-20(21)24(28-30)25(31)27-14-9-17-29-15-7-3-4-8-16-29/h5-6,10-13,18H,3-4,7-9,14-17H2,1-2H3,(H,27,31). The van der Waals surface area contributed by atoms with Gasteiger partial charge in [-0.3, -0.25) is 9.59 Å². The first-order chi connectivity index (χ1) is 16.6. The van der Waals surface area contributed by atoms with Gasteiger partial charge in [0.2, 0.25) is 0 Å². The predicted octanol–water partition coefficient (Wildman–Crippen LogP) is 3.40. The minimum atomic E-state index is -0.322. The van der Waals surface area contributed by atoms with E-state index in [1.165, 1.54) is 37.5 Å². The lowest BCUT2D eigenvalue weighted by Crippen LogP contribution is -2.33. The van der Waals surface area contributed by atoms with Crippen molar-refractivity contribution in [2.24, 2.45) is 0 Å². The fraction of sp³-hybridized carbons (Fsp3) is 0.423. The highest BCUT2D eigenvalue weighted by molar-refractivity contribution is 6.04. The summed E-state index contributed by atoms with van der Waals surface area (Å²) in [6.07, 6.45) is 5.98. The Bertz CT molecular complexity index is 1200. The zero-order valence-electron chi connectivity index (χ0n) is 19.9. The number of carbonyl (C=O) groups excluding carboxylic acids is 1. The van der Waals surface area contributed by atoms with E-state index in [4.69, 9.17) is 9.47 Å². The van der Waals surface area contributed by atoms with Crippen molar-refractivity contribution < 1.29 is 14.3 Å². The smallest absolute Gasteiger partial charge is 0.279 e. The molecule has 1 N–H and O–H groups in total. The molecule has 0 atom stereocenters. The van der Waals surface area contributed by atoms with Crippen molar-refractivity contribution in [2.75, 3.05) is 40.4 Å². The second-order valence-electron chi connectivity index (χ2n) is 8.51. The molecule has 4 rings (SSSR count). The molecule has 1 amide bonds. The molecule has 1 aliphatic heterocycles. The molecule has 0 spiro atoms. The number of carbonyl (C=O) groups is 1. The summed E-state index contributed by atoms with van der Waals surface area (Å²) in [6.45, 7) is 3.79. The molecule has 0 radical (unpaired) electrons. The van der Waals surface area contributed by atoms with Gasteiger partial charge in [0, 0.05) is 18.0 Å². The van der Waals surface area contributed by atoms with Crippen LogP contribution in [0.3, 0.4) is 0 Å². The van der Waals surface area contributed by atoms with Crippen LogP contribution < -0.4 is 20.3 Å². The number of methoxy groups -OCH3 is 2. The highest BCUT2D eigenvalue weighted by atomic mass is 16.5. The molecule has 34 heavy (non-hydrogen) atoms. The number of hydrogen-bond donors (Lipinski definition) is 1. The van der Waals surface area contributed by atoms with E-state index in [9.17, 15) is 9.59 Å². The normalized spacial score (nSPS) is 14.5. The quantitative estimate of drug-likeness (QED) is 0.515. The largest absolute Gasteiger partial charge is 0.497 e. The number of rotatable bonds is 8. The lowest BCUT2D eigenvalue weighted by atomic mass is 10.1. The van der Waals surface area contributed by atoms with Crippen LogP contribution in [0.4, 0.5) is 0 Å². The summed E-state index contributed by atoms with van der Waals surface area (Å²) in [4.78, 5) is 28.9. The topological polar surface area (TPSA) is 85.7 Å². The van der Waals surface area contributed by atoms with Crippen LogP contribution in [-0.4, -0.2) is 61.0 Å². The van der Waals surface area contributed by atoms with Gasteiger partial charge in [-0.25, -0.2) is 0 Å². The average molecular weight is 465 g/mol. The number of amides is 1. The molecular formula is C26H32N4O4. The van der Waals surface area contributed by atoms with Gasteiger partial charge in [0.25, 0.3) is 11.5 Å². The molecule has 0 bridgehead atoms. The van der Waals surface area contributed by atoms with Crippen molar-refractivity contribution in [1.82, 2.24) is 20.0 Å². The summed E-state index contributed by atoms with van der Waals surface area (Å²) >= 11 is 0. The molecule has 1 saturated heterocycles. The van der Waals surface area contributed by atoms with Gasteiger partial charge in [-0.15, -0.1) is 0 Å². The van der Waals surface area contributed by atoms with Gasteiger partial charge in [0.05, 0.1) is 19.6 Å². The maximum absolute atomic E-state index is 13.3. The molecule has 0 aliphatic carbocycles. The minimum absolute atomic E-state index is 0.211. The Labute approximate surface area is 199 Å². The van der Waals surface area contributed by atoms with Gasteiger partial charge in [-0.2, -0.15) is 9.78 Å². The molecule has 0 unspecified atom stereocenters. The van der Waals surface area contributed by atoms with Crippen molar-refractivity contribution in [1.29, 1.82) is 0 Å². The Kier molecular flexibility index (Phi) is 7.80. The van der Waals surface area contributed by atoms with Gasteiger partial charge < -0.3 is 19.7 Å². The molecule has 1 aliphatic rings. The van der Waals surface area contributed by atoms with Gasteiger partial charge in [-0.05, 0) is 57.1 Å². The molecule has 1 aromatic heterocycles. The van der Waals surface area contributed by atoms with Crippen LogP contribution in [0.2, 0.25) is 0 Å². The lowest BCUT2D eigenvalue weighted by molar-refractivity contribution is 0.0947. The summed E-state index contributed by atoms with van der Waals surface area (Å²) in [7, 11) is 3.08. The number of likely N-dealkylation sites (tertiary alicyclic amines) is 1. The molecule has 8 nitrogen and oxygen atoms in total. The van der Waals surface area contributed by atoms with Gasteiger partial charge in [0.15, 0.2) is 5.69 Å². The predicted molar refractivity (Wildman–Crippen MR) is 132 cm³/mol. The molecule has 3 aromatic rings. The van der Waals surface area contributed by atoms with E-state index in [1.54, 1.807) is 49.6 Å². The van der Waals surface area contributed by atoms with Crippen molar-refractivity contribution >= 4 is 16.7 Å². The van der Waals surface area contributed by atoms with Crippen LogP contribution >= 0.6 is 0 Å². The van der Waals surface area contributed by atoms with Crippen molar-refractivity contribution in [2.45, 2.75) is 32.1 Å². The number of nitrogens with zero attached hydrogens (tertiary/aromatic N) is 3. The molecule has 180 valence electrons. The summed E-state index contributed by atoms with van der Waals surface area (Å²) in [5.74, 6) is 0.721. The third-order valence-electron chi connectivity index (χ3n) is 6.27. The Morgan fingerprint density at radius 1 is 1.00 bits per heavy atom. The summed E-state index contributed by atoms with van der Waals surface area (Å²) in [6, 6.07) is 12.2. The highest BCUT2D eigenvalue weighted by Crippen LogP contribution is 2.27. The summed E-state index contributed by atoms with van der Waals surface area (Å²) in [5, 5.41) is 8.42. The van der Waals surface area contributed by atoms with Crippen LogP contribution in [0.15, 0.2) is 47.3 Å². The van der Waals surface area contributed by atoms with Gasteiger partial charge >= 0.3 is 0 Å². The number of ether oxygens (including phenoxy) is 2. The minimum Gasteiger partial charge on any atom is -0.497 e. The Morgan fingerprint density at radius 2 is 1.74 bits per heavy atom. The SMILES string of the molecule is COc1ccc(-n2nc(C(=O)NCCCN3CCCCCC3)c3ccccc3c2=O)c(OC)c1. The zero-order chi connectivity index (χ0) is 23.9. The van der Waals surface area contributed by atoms with E-state index in [0.717, 1.165) is 26.1 Å². The highest BCUT2D eigenvalue weighted by Gasteiger charge is 2.19. The van der Waals surface area contributed by atoms with Gasteiger partial charge in [-0.1, -0.05) is 31.0 Å². The van der Waals surface area contributed by atoms with Crippen molar-refractivity contribution in [3.05, 3.63) is 58.5 Å². The number of nitrogens with one attached hydrogen (secondary N) is 1. The molecule has 8 heteroatoms. The third kappa shape index (κ3) is 5.22. The summed E-state index contributed by atoms with van der Waals surface area (Å²) in [5.41, 5.74) is 0.328. The van der Waals surface area contributed by atoms with E-state index in [2.05, 4.69) is 15.3 Å². The van der Waals surface area contributed by atoms with E-state index >= 15 is 0 Å². The van der Waals surface area contributed by atoms with Gasteiger partial charge in [0.1, 0.15) is 17.2 Å². The maximum Gasteiger partial charge on any atom is 0.279 e. The van der Waals surface area contributed by atoms with E-state index in [-0.39, 0.29) is 17.2 Å². The first-order valence-electron chi connectivity index (χ1n) is 11.9. The monoisotopic (exact) mass is 464 g/mol. The van der Waals surface area contributed by atoms with E-state index in [0.29, 0.717) is 34.5 Å². The second-order valence-corrected chi connectivity index (χ2v) is 8.51. The number of benzene rings is 2. The summed E-state index contributed by atoms with van der Waals surface area (Å²) < 4.78 is 12.0. The Balaban J connectivity index is 1.59. The first kappa shape index (κ1) is 23.8. The first-order valence-corrected chi connectivity index (χ1v) is 11.9. The fourth-order valence-electron chi connectivity index (χ4n) is 4.43. The van der Waals surface area contributed by atoms with Crippen LogP contribution in [0.25, 0.3) is 16.5 Å².